The Morgan fingerprint density at radius 3 is 1.44 bits per heavy atom. The lowest BCUT2D eigenvalue weighted by molar-refractivity contribution is -0.139. The van der Waals surface area contributed by atoms with Crippen molar-refractivity contribution in [3.63, 3.8) is 0 Å². The molecule has 0 aromatic carbocycles. The van der Waals surface area contributed by atoms with Crippen molar-refractivity contribution in [2.75, 3.05) is 13.2 Å². The number of carbonyl (C=O) groups excluding carboxylic acids is 4. The van der Waals surface area contributed by atoms with Crippen LogP contribution in [0.3, 0.4) is 0 Å². The average molecular weight is 467 g/mol. The van der Waals surface area contributed by atoms with Crippen LogP contribution in [0.1, 0.15) is 65.2 Å². The molecule has 2 aliphatic rings. The van der Waals surface area contributed by atoms with Gasteiger partial charge in [0.25, 0.3) is 0 Å². The summed E-state index contributed by atoms with van der Waals surface area (Å²) in [5.74, 6) is -0.548. The molecular weight excluding hydrogens is 432 g/mol. The molecule has 0 heterocycles. The molecule has 182 valence electrons. The molecule has 0 bridgehead atoms. The highest BCUT2D eigenvalue weighted by molar-refractivity contribution is 5.94. The molecule has 0 amide bonds. The van der Waals surface area contributed by atoms with Gasteiger partial charge < -0.3 is 9.47 Å². The first-order valence-corrected chi connectivity index (χ1v) is 12.0. The van der Waals surface area contributed by atoms with E-state index in [2.05, 4.69) is 0 Å². The second-order valence-corrected chi connectivity index (χ2v) is 8.11. The molecule has 0 aliphatic heterocycles. The minimum Gasteiger partial charge on any atom is -0.463 e. The fraction of sp³-hybridized carbons (Fsp3) is 0.429. The van der Waals surface area contributed by atoms with E-state index in [0.29, 0.717) is 50.0 Å². The van der Waals surface area contributed by atoms with Crippen molar-refractivity contribution in [3.8, 4) is 0 Å². The van der Waals surface area contributed by atoms with Gasteiger partial charge in [0.15, 0.2) is 11.6 Å². The fourth-order valence-electron chi connectivity index (χ4n) is 3.60. The maximum atomic E-state index is 12.3. The molecule has 0 N–H and O–H groups in total. The number of ketones is 2. The number of allylic oxidation sites excluding steroid dienone is 10. The van der Waals surface area contributed by atoms with Crippen LogP contribution in [0.4, 0.5) is 0 Å². The SMILES string of the molecule is CCOC(=O)C(=CC1=CCC(=O)C=C1)CCCCCCC(=CC1=CCC(=O)C=C1)C(=O)OCC. The highest BCUT2D eigenvalue weighted by atomic mass is 16.5. The number of esters is 2. The average Bonchev–Trinajstić information content (AvgIpc) is 2.82. The van der Waals surface area contributed by atoms with Gasteiger partial charge in [0.2, 0.25) is 0 Å². The lowest BCUT2D eigenvalue weighted by atomic mass is 9.98. The summed E-state index contributed by atoms with van der Waals surface area (Å²) in [7, 11) is 0. The van der Waals surface area contributed by atoms with Gasteiger partial charge in [-0.05, 0) is 75.0 Å². The van der Waals surface area contributed by atoms with Crippen LogP contribution in [0.15, 0.2) is 70.9 Å². The van der Waals surface area contributed by atoms with E-state index in [1.54, 1.807) is 38.2 Å². The van der Waals surface area contributed by atoms with Crippen LogP contribution in [0.25, 0.3) is 0 Å². The number of unbranched alkanes of at least 4 members (excludes halogenated alkanes) is 3. The molecule has 0 saturated heterocycles. The molecule has 0 saturated carbocycles. The number of hydrogen-bond donors (Lipinski definition) is 0. The lowest BCUT2D eigenvalue weighted by Crippen LogP contribution is -2.09. The van der Waals surface area contributed by atoms with E-state index >= 15 is 0 Å². The summed E-state index contributed by atoms with van der Waals surface area (Å²) in [5, 5.41) is 0. The molecule has 0 fully saturated rings. The molecule has 2 aliphatic carbocycles. The van der Waals surface area contributed by atoms with Gasteiger partial charge >= 0.3 is 11.9 Å². The Morgan fingerprint density at radius 1 is 0.706 bits per heavy atom. The zero-order valence-corrected chi connectivity index (χ0v) is 20.1. The maximum absolute atomic E-state index is 12.3. The van der Waals surface area contributed by atoms with Crippen LogP contribution in [-0.2, 0) is 28.7 Å². The van der Waals surface area contributed by atoms with Gasteiger partial charge in [-0.3, -0.25) is 9.59 Å². The molecule has 0 aromatic rings. The van der Waals surface area contributed by atoms with Gasteiger partial charge in [0, 0.05) is 24.0 Å². The highest BCUT2D eigenvalue weighted by Crippen LogP contribution is 2.20. The van der Waals surface area contributed by atoms with Gasteiger partial charge in [-0.15, -0.1) is 0 Å². The maximum Gasteiger partial charge on any atom is 0.334 e. The van der Waals surface area contributed by atoms with Gasteiger partial charge in [0.1, 0.15) is 0 Å². The third-order valence-corrected chi connectivity index (χ3v) is 5.40. The fourth-order valence-corrected chi connectivity index (χ4v) is 3.60. The summed E-state index contributed by atoms with van der Waals surface area (Å²) in [4.78, 5) is 47.4. The van der Waals surface area contributed by atoms with Crippen molar-refractivity contribution < 1.29 is 28.7 Å². The largest absolute Gasteiger partial charge is 0.463 e. The molecule has 0 spiro atoms. The Hall–Kier alpha value is -3.28. The van der Waals surface area contributed by atoms with Crippen LogP contribution in [0, 0.1) is 0 Å². The number of carbonyl (C=O) groups is 4. The van der Waals surface area contributed by atoms with E-state index in [0.717, 1.165) is 36.8 Å². The topological polar surface area (TPSA) is 86.7 Å². The van der Waals surface area contributed by atoms with E-state index in [-0.39, 0.29) is 23.5 Å². The van der Waals surface area contributed by atoms with E-state index < -0.39 is 0 Å². The summed E-state index contributed by atoms with van der Waals surface area (Å²) in [5.41, 5.74) is 2.90. The van der Waals surface area contributed by atoms with E-state index in [1.165, 1.54) is 12.2 Å². The normalized spacial score (nSPS) is 16.3. The molecule has 6 nitrogen and oxygen atoms in total. The molecular formula is C28H34O6. The zero-order valence-electron chi connectivity index (χ0n) is 20.1. The Labute approximate surface area is 201 Å². The van der Waals surface area contributed by atoms with Crippen LogP contribution >= 0.6 is 0 Å². The second kappa shape index (κ2) is 14.8. The molecule has 6 heteroatoms. The Balaban J connectivity index is 1.87. The van der Waals surface area contributed by atoms with Gasteiger partial charge in [-0.1, -0.05) is 37.1 Å². The van der Waals surface area contributed by atoms with Crippen LogP contribution in [0.2, 0.25) is 0 Å². The van der Waals surface area contributed by atoms with E-state index in [1.807, 2.05) is 12.2 Å². The number of rotatable bonds is 13. The zero-order chi connectivity index (χ0) is 24.8. The van der Waals surface area contributed by atoms with Crippen molar-refractivity contribution in [1.82, 2.24) is 0 Å². The van der Waals surface area contributed by atoms with Gasteiger partial charge in [0.05, 0.1) is 13.2 Å². The predicted molar refractivity (Wildman–Crippen MR) is 131 cm³/mol. The van der Waals surface area contributed by atoms with E-state index in [9.17, 15) is 19.2 Å². The van der Waals surface area contributed by atoms with Crippen molar-refractivity contribution in [2.24, 2.45) is 0 Å². The standard InChI is InChI=1S/C28H34O6/c1-3-33-27(31)23(19-21-11-15-25(29)16-12-21)9-7-5-6-8-10-24(28(32)34-4-2)20-22-13-17-26(30)18-14-22/h11-15,17,19-20H,3-10,16,18H2,1-2H3. The quantitative estimate of drug-likeness (QED) is 0.210. The minimum absolute atomic E-state index is 0.0513. The van der Waals surface area contributed by atoms with Crippen molar-refractivity contribution in [3.05, 3.63) is 70.9 Å². The van der Waals surface area contributed by atoms with Crippen LogP contribution in [0.5, 0.6) is 0 Å². The smallest absolute Gasteiger partial charge is 0.334 e. The Bertz CT molecular complexity index is 877. The van der Waals surface area contributed by atoms with Gasteiger partial charge in [-0.2, -0.15) is 0 Å². The molecule has 0 radical (unpaired) electrons. The summed E-state index contributed by atoms with van der Waals surface area (Å²) in [6.07, 6.45) is 19.0. The molecule has 34 heavy (non-hydrogen) atoms. The first-order chi connectivity index (χ1) is 16.4. The Morgan fingerprint density at radius 2 is 1.12 bits per heavy atom. The summed E-state index contributed by atoms with van der Waals surface area (Å²) in [6, 6.07) is 0. The van der Waals surface area contributed by atoms with Crippen molar-refractivity contribution in [1.29, 1.82) is 0 Å². The molecule has 0 unspecified atom stereocenters. The third-order valence-electron chi connectivity index (χ3n) is 5.40. The number of ether oxygens (including phenoxy) is 2. The molecule has 2 rings (SSSR count). The summed E-state index contributed by atoms with van der Waals surface area (Å²) < 4.78 is 10.4. The highest BCUT2D eigenvalue weighted by Gasteiger charge is 2.14. The first-order valence-electron chi connectivity index (χ1n) is 12.0. The first kappa shape index (κ1) is 27.0. The van der Waals surface area contributed by atoms with Gasteiger partial charge in [-0.25, -0.2) is 9.59 Å². The van der Waals surface area contributed by atoms with Crippen LogP contribution in [-0.4, -0.2) is 36.7 Å². The number of hydrogen-bond acceptors (Lipinski definition) is 6. The Kier molecular flexibility index (Phi) is 11.7. The summed E-state index contributed by atoms with van der Waals surface area (Å²) >= 11 is 0. The summed E-state index contributed by atoms with van der Waals surface area (Å²) in [6.45, 7) is 4.18. The second-order valence-electron chi connectivity index (χ2n) is 8.11. The van der Waals surface area contributed by atoms with Crippen molar-refractivity contribution in [2.45, 2.75) is 65.2 Å². The third kappa shape index (κ3) is 9.69. The van der Waals surface area contributed by atoms with E-state index in [4.69, 9.17) is 9.47 Å². The predicted octanol–water partition coefficient (Wildman–Crippen LogP) is 5.22. The van der Waals surface area contributed by atoms with Crippen LogP contribution < -0.4 is 0 Å². The molecule has 0 aromatic heterocycles. The van der Waals surface area contributed by atoms with Crippen molar-refractivity contribution >= 4 is 23.5 Å². The molecule has 0 atom stereocenters. The minimum atomic E-state index is -0.325. The lowest BCUT2D eigenvalue weighted by Gasteiger charge is -2.10. The monoisotopic (exact) mass is 466 g/mol.